The van der Waals surface area contributed by atoms with Crippen molar-refractivity contribution < 1.29 is 9.53 Å². The Bertz CT molecular complexity index is 384. The van der Waals surface area contributed by atoms with E-state index in [9.17, 15) is 4.79 Å². The molecule has 0 radical (unpaired) electrons. The summed E-state index contributed by atoms with van der Waals surface area (Å²) in [4.78, 5) is 13.7. The monoisotopic (exact) mass is 279 g/mol. The molecule has 5 nitrogen and oxygen atoms in total. The van der Waals surface area contributed by atoms with E-state index in [0.717, 1.165) is 6.54 Å². The maximum absolute atomic E-state index is 11.7. The number of hydrogen-bond donors (Lipinski definition) is 2. The molecule has 0 fully saturated rings. The first-order chi connectivity index (χ1) is 9.67. The van der Waals surface area contributed by atoms with Gasteiger partial charge in [-0.05, 0) is 12.6 Å². The standard InChI is InChI=1S/C15H25N3O2/c1-18(12-15(19)17-8-9-20-2)11-14(10-16)13-6-4-3-5-7-13/h3-7,14H,8-12,16H2,1-2H3,(H,17,19). The lowest BCUT2D eigenvalue weighted by atomic mass is 9.99. The second kappa shape index (κ2) is 9.47. The van der Waals surface area contributed by atoms with E-state index in [1.54, 1.807) is 7.11 Å². The van der Waals surface area contributed by atoms with E-state index < -0.39 is 0 Å². The van der Waals surface area contributed by atoms with Crippen LogP contribution in [0.3, 0.4) is 0 Å². The van der Waals surface area contributed by atoms with Gasteiger partial charge in [-0.2, -0.15) is 0 Å². The third-order valence-electron chi connectivity index (χ3n) is 3.13. The van der Waals surface area contributed by atoms with Gasteiger partial charge in [-0.1, -0.05) is 30.3 Å². The number of nitrogens with one attached hydrogen (secondary N) is 1. The van der Waals surface area contributed by atoms with Crippen LogP contribution in [0.4, 0.5) is 0 Å². The molecule has 0 saturated carbocycles. The maximum Gasteiger partial charge on any atom is 0.234 e. The highest BCUT2D eigenvalue weighted by Gasteiger charge is 2.14. The van der Waals surface area contributed by atoms with Crippen LogP contribution in [0.1, 0.15) is 11.5 Å². The van der Waals surface area contributed by atoms with Gasteiger partial charge in [0.05, 0.1) is 13.2 Å². The van der Waals surface area contributed by atoms with Crippen molar-refractivity contribution in [3.63, 3.8) is 0 Å². The summed E-state index contributed by atoms with van der Waals surface area (Å²) < 4.78 is 4.89. The topological polar surface area (TPSA) is 67.6 Å². The lowest BCUT2D eigenvalue weighted by Gasteiger charge is -2.23. The molecule has 0 bridgehead atoms. The number of nitrogens with zero attached hydrogens (tertiary/aromatic N) is 1. The SMILES string of the molecule is COCCNC(=O)CN(C)CC(CN)c1ccccc1. The highest BCUT2D eigenvalue weighted by atomic mass is 16.5. The Kier molecular flexibility index (Phi) is 7.87. The molecule has 20 heavy (non-hydrogen) atoms. The van der Waals surface area contributed by atoms with Crippen LogP contribution in [-0.2, 0) is 9.53 Å². The number of hydrogen-bond acceptors (Lipinski definition) is 4. The second-order valence-corrected chi connectivity index (χ2v) is 4.88. The number of methoxy groups -OCH3 is 1. The first-order valence-corrected chi connectivity index (χ1v) is 6.86. The molecule has 0 aromatic heterocycles. The molecule has 5 heteroatoms. The van der Waals surface area contributed by atoms with Crippen molar-refractivity contribution in [3.8, 4) is 0 Å². The highest BCUT2D eigenvalue weighted by Crippen LogP contribution is 2.14. The van der Waals surface area contributed by atoms with Crippen molar-refractivity contribution in [2.45, 2.75) is 5.92 Å². The van der Waals surface area contributed by atoms with Gasteiger partial charge in [-0.25, -0.2) is 0 Å². The van der Waals surface area contributed by atoms with Crippen molar-refractivity contribution in [2.24, 2.45) is 5.73 Å². The van der Waals surface area contributed by atoms with Crippen molar-refractivity contribution in [1.29, 1.82) is 0 Å². The highest BCUT2D eigenvalue weighted by molar-refractivity contribution is 5.77. The largest absolute Gasteiger partial charge is 0.383 e. The Balaban J connectivity index is 2.40. The zero-order valence-corrected chi connectivity index (χ0v) is 12.3. The molecular formula is C15H25N3O2. The molecule has 0 aliphatic carbocycles. The van der Waals surface area contributed by atoms with Gasteiger partial charge in [0, 0.05) is 32.7 Å². The van der Waals surface area contributed by atoms with Crippen LogP contribution in [0.5, 0.6) is 0 Å². The molecular weight excluding hydrogens is 254 g/mol. The molecule has 3 N–H and O–H groups in total. The van der Waals surface area contributed by atoms with Gasteiger partial charge in [-0.15, -0.1) is 0 Å². The molecule has 0 heterocycles. The van der Waals surface area contributed by atoms with E-state index in [1.807, 2.05) is 30.1 Å². The molecule has 1 unspecified atom stereocenters. The van der Waals surface area contributed by atoms with Crippen molar-refractivity contribution in [3.05, 3.63) is 35.9 Å². The normalized spacial score (nSPS) is 12.4. The maximum atomic E-state index is 11.7. The Hall–Kier alpha value is -1.43. The minimum Gasteiger partial charge on any atom is -0.383 e. The average Bonchev–Trinajstić information content (AvgIpc) is 2.46. The van der Waals surface area contributed by atoms with Crippen LogP contribution < -0.4 is 11.1 Å². The molecule has 0 saturated heterocycles. The number of likely N-dealkylation sites (N-methyl/N-ethyl adjacent to an activating group) is 1. The lowest BCUT2D eigenvalue weighted by Crippen LogP contribution is -2.39. The minimum atomic E-state index is 0.00776. The van der Waals surface area contributed by atoms with Crippen LogP contribution in [0.2, 0.25) is 0 Å². The molecule has 1 amide bonds. The summed E-state index contributed by atoms with van der Waals surface area (Å²) in [5, 5.41) is 2.81. The van der Waals surface area contributed by atoms with E-state index in [4.69, 9.17) is 10.5 Å². The molecule has 0 spiro atoms. The summed E-state index contributed by atoms with van der Waals surface area (Å²) in [5.74, 6) is 0.251. The minimum absolute atomic E-state index is 0.00776. The lowest BCUT2D eigenvalue weighted by molar-refractivity contribution is -0.122. The Morgan fingerprint density at radius 3 is 2.70 bits per heavy atom. The molecule has 1 aromatic rings. The predicted molar refractivity (Wildman–Crippen MR) is 80.6 cm³/mol. The molecule has 0 aliphatic heterocycles. The van der Waals surface area contributed by atoms with Crippen LogP contribution in [0, 0.1) is 0 Å². The van der Waals surface area contributed by atoms with Gasteiger partial charge >= 0.3 is 0 Å². The van der Waals surface area contributed by atoms with Crippen molar-refractivity contribution in [2.75, 3.05) is 46.9 Å². The summed E-state index contributed by atoms with van der Waals surface area (Å²) in [7, 11) is 3.55. The first-order valence-electron chi connectivity index (χ1n) is 6.86. The van der Waals surface area contributed by atoms with Gasteiger partial charge in [-0.3, -0.25) is 9.69 Å². The third kappa shape index (κ3) is 6.14. The summed E-state index contributed by atoms with van der Waals surface area (Å²) in [5.41, 5.74) is 7.05. The Labute approximate surface area is 121 Å². The summed E-state index contributed by atoms with van der Waals surface area (Å²) in [6.07, 6.45) is 0. The van der Waals surface area contributed by atoms with Crippen LogP contribution in [-0.4, -0.2) is 57.8 Å². The number of ether oxygens (including phenoxy) is 1. The molecule has 1 atom stereocenters. The smallest absolute Gasteiger partial charge is 0.234 e. The van der Waals surface area contributed by atoms with E-state index >= 15 is 0 Å². The zero-order valence-electron chi connectivity index (χ0n) is 12.3. The Morgan fingerprint density at radius 1 is 1.40 bits per heavy atom. The second-order valence-electron chi connectivity index (χ2n) is 4.88. The van der Waals surface area contributed by atoms with Crippen LogP contribution >= 0.6 is 0 Å². The molecule has 112 valence electrons. The van der Waals surface area contributed by atoms with E-state index in [2.05, 4.69) is 17.4 Å². The summed E-state index contributed by atoms with van der Waals surface area (Å²) >= 11 is 0. The molecule has 1 aromatic carbocycles. The fourth-order valence-corrected chi connectivity index (χ4v) is 2.08. The van der Waals surface area contributed by atoms with Gasteiger partial charge in [0.15, 0.2) is 0 Å². The van der Waals surface area contributed by atoms with E-state index in [0.29, 0.717) is 26.2 Å². The fourth-order valence-electron chi connectivity index (χ4n) is 2.08. The number of benzene rings is 1. The van der Waals surface area contributed by atoms with E-state index in [1.165, 1.54) is 5.56 Å². The van der Waals surface area contributed by atoms with Gasteiger partial charge < -0.3 is 15.8 Å². The zero-order chi connectivity index (χ0) is 14.8. The van der Waals surface area contributed by atoms with E-state index in [-0.39, 0.29) is 11.8 Å². The quantitative estimate of drug-likeness (QED) is 0.643. The molecule has 0 aliphatic rings. The number of amides is 1. The van der Waals surface area contributed by atoms with Crippen LogP contribution in [0.15, 0.2) is 30.3 Å². The average molecular weight is 279 g/mol. The van der Waals surface area contributed by atoms with Gasteiger partial charge in [0.1, 0.15) is 0 Å². The van der Waals surface area contributed by atoms with Gasteiger partial charge in [0.2, 0.25) is 5.91 Å². The predicted octanol–water partition coefficient (Wildman–Crippen LogP) is 0.423. The molecule has 1 rings (SSSR count). The fraction of sp³-hybridized carbons (Fsp3) is 0.533. The summed E-state index contributed by atoms with van der Waals surface area (Å²) in [6.45, 7) is 2.78. The number of carbonyl (C=O) groups is 1. The summed E-state index contributed by atoms with van der Waals surface area (Å²) in [6, 6.07) is 10.2. The number of nitrogens with two attached hydrogens (primary N) is 1. The van der Waals surface area contributed by atoms with Crippen molar-refractivity contribution in [1.82, 2.24) is 10.2 Å². The van der Waals surface area contributed by atoms with Gasteiger partial charge in [0.25, 0.3) is 0 Å². The van der Waals surface area contributed by atoms with Crippen LogP contribution in [0.25, 0.3) is 0 Å². The van der Waals surface area contributed by atoms with Crippen molar-refractivity contribution >= 4 is 5.91 Å². The first kappa shape index (κ1) is 16.6. The third-order valence-corrected chi connectivity index (χ3v) is 3.13. The number of rotatable bonds is 9. The Morgan fingerprint density at radius 2 is 2.10 bits per heavy atom. The number of carbonyl (C=O) groups excluding carboxylic acids is 1.